The van der Waals surface area contributed by atoms with Crippen LogP contribution in [0.2, 0.25) is 0 Å². The van der Waals surface area contributed by atoms with Crippen molar-refractivity contribution in [2.75, 3.05) is 5.32 Å². The number of fused-ring (bicyclic) bond motifs is 1. The minimum Gasteiger partial charge on any atom is -0.323 e. The molecule has 1 aliphatic rings. The lowest BCUT2D eigenvalue weighted by molar-refractivity contribution is -0.115. The van der Waals surface area contributed by atoms with Crippen LogP contribution in [0.1, 0.15) is 36.8 Å². The minimum atomic E-state index is -0.351. The summed E-state index contributed by atoms with van der Waals surface area (Å²) in [5, 5.41) is 4.88. The summed E-state index contributed by atoms with van der Waals surface area (Å²) >= 11 is 0. The largest absolute Gasteiger partial charge is 0.323 e. The van der Waals surface area contributed by atoms with Crippen molar-refractivity contribution in [1.82, 2.24) is 0 Å². The Hall–Kier alpha value is -2.68. The van der Waals surface area contributed by atoms with Gasteiger partial charge in [0.2, 0.25) is 5.91 Å². The van der Waals surface area contributed by atoms with Crippen LogP contribution in [-0.4, -0.2) is 5.91 Å². The Labute approximate surface area is 153 Å². The van der Waals surface area contributed by atoms with Crippen LogP contribution in [0.15, 0.2) is 60.7 Å². The maximum absolute atomic E-state index is 14.4. The molecule has 3 heteroatoms. The predicted octanol–water partition coefficient (Wildman–Crippen LogP) is 5.67. The lowest BCUT2D eigenvalue weighted by atomic mass is 10.0. The minimum absolute atomic E-state index is 0.203. The molecule has 3 aromatic rings. The number of nitrogens with one attached hydrogen (secondary N) is 1. The zero-order chi connectivity index (χ0) is 18.1. The number of carbonyl (C=O) groups is 1. The maximum atomic E-state index is 14.4. The van der Waals surface area contributed by atoms with Crippen molar-refractivity contribution in [3.05, 3.63) is 77.6 Å². The SMILES string of the molecule is CCC1CC1c1ccc(NC(=O)Cc2cccc3ccccc23)c(F)c1. The third-order valence-electron chi connectivity index (χ3n) is 5.37. The smallest absolute Gasteiger partial charge is 0.228 e. The van der Waals surface area contributed by atoms with Gasteiger partial charge in [-0.05, 0) is 52.3 Å². The molecule has 1 fully saturated rings. The van der Waals surface area contributed by atoms with E-state index in [2.05, 4.69) is 12.2 Å². The molecule has 0 saturated heterocycles. The van der Waals surface area contributed by atoms with Crippen molar-refractivity contribution in [3.8, 4) is 0 Å². The Morgan fingerprint density at radius 1 is 1.12 bits per heavy atom. The fourth-order valence-corrected chi connectivity index (χ4v) is 3.78. The lowest BCUT2D eigenvalue weighted by Crippen LogP contribution is -2.15. The predicted molar refractivity (Wildman–Crippen MR) is 104 cm³/mol. The molecule has 2 nitrogen and oxygen atoms in total. The molecule has 1 N–H and O–H groups in total. The van der Waals surface area contributed by atoms with E-state index in [1.165, 1.54) is 0 Å². The average Bonchev–Trinajstić information content (AvgIpc) is 3.44. The maximum Gasteiger partial charge on any atom is 0.228 e. The monoisotopic (exact) mass is 347 g/mol. The third-order valence-corrected chi connectivity index (χ3v) is 5.37. The Balaban J connectivity index is 1.48. The van der Waals surface area contributed by atoms with E-state index in [1.807, 2.05) is 48.5 Å². The highest BCUT2D eigenvalue weighted by Gasteiger charge is 2.36. The molecule has 1 amide bonds. The first-order valence-corrected chi connectivity index (χ1v) is 9.21. The number of amides is 1. The number of rotatable bonds is 5. The highest BCUT2D eigenvalue weighted by atomic mass is 19.1. The molecule has 132 valence electrons. The van der Waals surface area contributed by atoms with Crippen molar-refractivity contribution >= 4 is 22.4 Å². The number of carbonyl (C=O) groups excluding carboxylic acids is 1. The highest BCUT2D eigenvalue weighted by Crippen LogP contribution is 2.49. The van der Waals surface area contributed by atoms with Crippen molar-refractivity contribution in [2.45, 2.75) is 32.1 Å². The quantitative estimate of drug-likeness (QED) is 0.633. The molecule has 3 aromatic carbocycles. The van der Waals surface area contributed by atoms with Gasteiger partial charge in [0.05, 0.1) is 12.1 Å². The molecule has 0 spiro atoms. The molecule has 2 unspecified atom stereocenters. The zero-order valence-corrected chi connectivity index (χ0v) is 14.8. The van der Waals surface area contributed by atoms with E-state index < -0.39 is 0 Å². The van der Waals surface area contributed by atoms with Crippen molar-refractivity contribution < 1.29 is 9.18 Å². The fraction of sp³-hybridized carbons (Fsp3) is 0.261. The second-order valence-corrected chi connectivity index (χ2v) is 7.11. The van der Waals surface area contributed by atoms with Crippen molar-refractivity contribution in [3.63, 3.8) is 0 Å². The molecule has 2 atom stereocenters. The molecule has 0 bridgehead atoms. The summed E-state index contributed by atoms with van der Waals surface area (Å²) in [5.74, 6) is 0.609. The normalized spacial score (nSPS) is 18.7. The Kier molecular flexibility index (Phi) is 4.46. The van der Waals surface area contributed by atoms with Crippen LogP contribution in [0.4, 0.5) is 10.1 Å². The van der Waals surface area contributed by atoms with Gasteiger partial charge in [-0.15, -0.1) is 0 Å². The van der Waals surface area contributed by atoms with Gasteiger partial charge in [0.15, 0.2) is 0 Å². The number of hydrogen-bond donors (Lipinski definition) is 1. The molecular weight excluding hydrogens is 325 g/mol. The Bertz CT molecular complexity index is 960. The Morgan fingerprint density at radius 2 is 1.92 bits per heavy atom. The molecule has 0 aliphatic heterocycles. The van der Waals surface area contributed by atoms with Gasteiger partial charge in [-0.2, -0.15) is 0 Å². The first-order chi connectivity index (χ1) is 12.7. The lowest BCUT2D eigenvalue weighted by Gasteiger charge is -2.10. The second-order valence-electron chi connectivity index (χ2n) is 7.11. The van der Waals surface area contributed by atoms with E-state index in [1.54, 1.807) is 12.1 Å². The van der Waals surface area contributed by atoms with Crippen LogP contribution in [0.3, 0.4) is 0 Å². The van der Waals surface area contributed by atoms with Crippen LogP contribution < -0.4 is 5.32 Å². The number of halogens is 1. The average molecular weight is 347 g/mol. The Morgan fingerprint density at radius 3 is 2.69 bits per heavy atom. The highest BCUT2D eigenvalue weighted by molar-refractivity contribution is 5.96. The van der Waals surface area contributed by atoms with Gasteiger partial charge in [-0.1, -0.05) is 61.9 Å². The summed E-state index contributed by atoms with van der Waals surface area (Å²) in [6.45, 7) is 2.17. The van der Waals surface area contributed by atoms with Crippen LogP contribution in [0.25, 0.3) is 10.8 Å². The standard InChI is InChI=1S/C23H22FNO/c1-2-15-12-20(15)18-10-11-22(21(24)13-18)25-23(26)14-17-8-5-7-16-6-3-4-9-19(16)17/h3-11,13,15,20H,2,12,14H2,1H3,(H,25,26). The van der Waals surface area contributed by atoms with E-state index in [-0.39, 0.29) is 23.8 Å². The first-order valence-electron chi connectivity index (χ1n) is 9.21. The van der Waals surface area contributed by atoms with Crippen molar-refractivity contribution in [2.24, 2.45) is 5.92 Å². The summed E-state index contributed by atoms with van der Waals surface area (Å²) in [6.07, 6.45) is 2.50. The number of hydrogen-bond acceptors (Lipinski definition) is 1. The van der Waals surface area contributed by atoms with Gasteiger partial charge in [0, 0.05) is 0 Å². The van der Waals surface area contributed by atoms with Crippen LogP contribution in [-0.2, 0) is 11.2 Å². The van der Waals surface area contributed by atoms with Crippen LogP contribution >= 0.6 is 0 Å². The van der Waals surface area contributed by atoms with Gasteiger partial charge in [0.1, 0.15) is 5.82 Å². The van der Waals surface area contributed by atoms with E-state index in [9.17, 15) is 9.18 Å². The molecule has 0 radical (unpaired) electrons. The van der Waals surface area contributed by atoms with Crippen molar-refractivity contribution in [1.29, 1.82) is 0 Å². The molecule has 0 heterocycles. The molecule has 1 aliphatic carbocycles. The zero-order valence-electron chi connectivity index (χ0n) is 14.8. The number of benzene rings is 3. The fourth-order valence-electron chi connectivity index (χ4n) is 3.78. The summed E-state index contributed by atoms with van der Waals surface area (Å²) in [6, 6.07) is 19.1. The molecule has 4 rings (SSSR count). The summed E-state index contributed by atoms with van der Waals surface area (Å²) < 4.78 is 14.4. The summed E-state index contributed by atoms with van der Waals surface area (Å²) in [7, 11) is 0. The number of anilines is 1. The van der Waals surface area contributed by atoms with Gasteiger partial charge >= 0.3 is 0 Å². The van der Waals surface area contributed by atoms with E-state index in [0.717, 1.165) is 34.7 Å². The van der Waals surface area contributed by atoms with Gasteiger partial charge in [-0.25, -0.2) is 4.39 Å². The van der Waals surface area contributed by atoms with E-state index >= 15 is 0 Å². The molecular formula is C23H22FNO. The topological polar surface area (TPSA) is 29.1 Å². The third kappa shape index (κ3) is 3.34. The van der Waals surface area contributed by atoms with Gasteiger partial charge < -0.3 is 5.32 Å². The summed E-state index contributed by atoms with van der Waals surface area (Å²) in [5.41, 5.74) is 2.25. The van der Waals surface area contributed by atoms with Gasteiger partial charge in [0.25, 0.3) is 0 Å². The van der Waals surface area contributed by atoms with E-state index in [4.69, 9.17) is 0 Å². The first kappa shape index (κ1) is 16.8. The molecule has 0 aromatic heterocycles. The van der Waals surface area contributed by atoms with Crippen LogP contribution in [0.5, 0.6) is 0 Å². The second kappa shape index (κ2) is 6.91. The molecule has 26 heavy (non-hydrogen) atoms. The summed E-state index contributed by atoms with van der Waals surface area (Å²) in [4.78, 5) is 12.4. The van der Waals surface area contributed by atoms with Crippen LogP contribution in [0, 0.1) is 11.7 Å². The van der Waals surface area contributed by atoms with Gasteiger partial charge in [-0.3, -0.25) is 4.79 Å². The molecule has 1 saturated carbocycles. The van der Waals surface area contributed by atoms with E-state index in [0.29, 0.717) is 11.8 Å².